The Hall–Kier alpha value is -1.55. The van der Waals surface area contributed by atoms with Crippen LogP contribution in [0.2, 0.25) is 0 Å². The second-order valence-corrected chi connectivity index (χ2v) is 5.29. The highest BCUT2D eigenvalue weighted by molar-refractivity contribution is 5.96. The summed E-state index contributed by atoms with van der Waals surface area (Å²) in [5.74, 6) is 0.309. The molecular weight excluding hydrogens is 242 g/mol. The van der Waals surface area contributed by atoms with Gasteiger partial charge in [-0.15, -0.1) is 0 Å². The Morgan fingerprint density at radius 3 is 3.00 bits per heavy atom. The summed E-state index contributed by atoms with van der Waals surface area (Å²) < 4.78 is 5.42. The SMILES string of the molecule is Cc1ccc(O)c(C(=O)N(C)CC2CCCOC2)c1. The summed E-state index contributed by atoms with van der Waals surface area (Å²) in [6.45, 7) is 4.13. The van der Waals surface area contributed by atoms with E-state index >= 15 is 0 Å². The van der Waals surface area contributed by atoms with E-state index in [2.05, 4.69) is 0 Å². The number of amides is 1. The molecule has 1 aromatic rings. The molecule has 1 amide bonds. The van der Waals surface area contributed by atoms with Crippen molar-refractivity contribution in [1.82, 2.24) is 4.90 Å². The van der Waals surface area contributed by atoms with E-state index in [1.54, 1.807) is 30.1 Å². The van der Waals surface area contributed by atoms with Crippen LogP contribution in [-0.4, -0.2) is 42.7 Å². The van der Waals surface area contributed by atoms with Crippen molar-refractivity contribution in [2.75, 3.05) is 26.8 Å². The zero-order valence-corrected chi connectivity index (χ0v) is 11.6. The van der Waals surface area contributed by atoms with Crippen LogP contribution in [0.1, 0.15) is 28.8 Å². The molecule has 19 heavy (non-hydrogen) atoms. The summed E-state index contributed by atoms with van der Waals surface area (Å²) in [5.41, 5.74) is 1.34. The smallest absolute Gasteiger partial charge is 0.257 e. The van der Waals surface area contributed by atoms with Gasteiger partial charge in [-0.3, -0.25) is 4.79 Å². The molecule has 1 aliphatic rings. The molecule has 0 bridgehead atoms. The Labute approximate surface area is 114 Å². The van der Waals surface area contributed by atoms with Gasteiger partial charge in [0.05, 0.1) is 12.2 Å². The number of hydrogen-bond donors (Lipinski definition) is 1. The van der Waals surface area contributed by atoms with Gasteiger partial charge in [-0.1, -0.05) is 11.6 Å². The molecule has 0 aliphatic carbocycles. The fourth-order valence-electron chi connectivity index (χ4n) is 2.45. The Balaban J connectivity index is 2.03. The number of aromatic hydroxyl groups is 1. The molecule has 1 aliphatic heterocycles. The first-order valence-corrected chi connectivity index (χ1v) is 6.70. The molecule has 1 saturated heterocycles. The van der Waals surface area contributed by atoms with E-state index in [9.17, 15) is 9.90 Å². The summed E-state index contributed by atoms with van der Waals surface area (Å²) in [5, 5.41) is 9.79. The maximum Gasteiger partial charge on any atom is 0.257 e. The average molecular weight is 263 g/mol. The maximum absolute atomic E-state index is 12.3. The number of phenols is 1. The number of rotatable bonds is 3. The Bertz CT molecular complexity index is 453. The van der Waals surface area contributed by atoms with Gasteiger partial charge in [0.15, 0.2) is 0 Å². The molecule has 1 heterocycles. The quantitative estimate of drug-likeness (QED) is 0.909. The minimum Gasteiger partial charge on any atom is -0.507 e. The van der Waals surface area contributed by atoms with Crippen LogP contribution in [-0.2, 0) is 4.74 Å². The molecule has 1 unspecified atom stereocenters. The van der Waals surface area contributed by atoms with Gasteiger partial charge < -0.3 is 14.7 Å². The van der Waals surface area contributed by atoms with Crippen LogP contribution < -0.4 is 0 Å². The lowest BCUT2D eigenvalue weighted by Gasteiger charge is -2.27. The van der Waals surface area contributed by atoms with Crippen LogP contribution in [0, 0.1) is 12.8 Å². The number of phenolic OH excluding ortho intramolecular Hbond substituents is 1. The van der Waals surface area contributed by atoms with Gasteiger partial charge in [-0.05, 0) is 37.8 Å². The van der Waals surface area contributed by atoms with Crippen LogP contribution >= 0.6 is 0 Å². The Morgan fingerprint density at radius 1 is 1.53 bits per heavy atom. The second kappa shape index (κ2) is 6.06. The van der Waals surface area contributed by atoms with Crippen LogP contribution in [0.4, 0.5) is 0 Å². The van der Waals surface area contributed by atoms with Gasteiger partial charge in [0.1, 0.15) is 5.75 Å². The first kappa shape index (κ1) is 13.9. The topological polar surface area (TPSA) is 49.8 Å². The number of carbonyl (C=O) groups excluding carboxylic acids is 1. The number of ether oxygens (including phenoxy) is 1. The normalized spacial score (nSPS) is 19.2. The largest absolute Gasteiger partial charge is 0.507 e. The third-order valence-electron chi connectivity index (χ3n) is 3.52. The summed E-state index contributed by atoms with van der Waals surface area (Å²) >= 11 is 0. The molecule has 2 rings (SSSR count). The Morgan fingerprint density at radius 2 is 2.32 bits per heavy atom. The molecule has 4 nitrogen and oxygen atoms in total. The van der Waals surface area contributed by atoms with E-state index in [0.29, 0.717) is 18.0 Å². The minimum absolute atomic E-state index is 0.0438. The lowest BCUT2D eigenvalue weighted by molar-refractivity contribution is 0.0388. The Kier molecular flexibility index (Phi) is 4.43. The molecule has 1 aromatic carbocycles. The first-order valence-electron chi connectivity index (χ1n) is 6.70. The maximum atomic E-state index is 12.3. The monoisotopic (exact) mass is 263 g/mol. The summed E-state index contributed by atoms with van der Waals surface area (Å²) in [6, 6.07) is 5.09. The van der Waals surface area contributed by atoms with Crippen LogP contribution in [0.15, 0.2) is 18.2 Å². The van der Waals surface area contributed by atoms with Crippen molar-refractivity contribution in [2.24, 2.45) is 5.92 Å². The van der Waals surface area contributed by atoms with Gasteiger partial charge in [-0.25, -0.2) is 0 Å². The third-order valence-corrected chi connectivity index (χ3v) is 3.52. The molecule has 1 N–H and O–H groups in total. The van der Waals surface area contributed by atoms with Crippen LogP contribution in [0.5, 0.6) is 5.75 Å². The predicted molar refractivity (Wildman–Crippen MR) is 73.3 cm³/mol. The molecule has 0 spiro atoms. The standard InChI is InChI=1S/C15H21NO3/c1-11-5-6-14(17)13(8-11)15(18)16(2)9-12-4-3-7-19-10-12/h5-6,8,12,17H,3-4,7,9-10H2,1-2H3. The van der Waals surface area contributed by atoms with Crippen LogP contribution in [0.25, 0.3) is 0 Å². The van der Waals surface area contributed by atoms with Crippen LogP contribution in [0.3, 0.4) is 0 Å². The van der Waals surface area contributed by atoms with Gasteiger partial charge >= 0.3 is 0 Å². The van der Waals surface area contributed by atoms with Gasteiger partial charge in [0.2, 0.25) is 0 Å². The fraction of sp³-hybridized carbons (Fsp3) is 0.533. The summed E-state index contributed by atoms with van der Waals surface area (Å²) in [4.78, 5) is 14.0. The van der Waals surface area contributed by atoms with E-state index in [4.69, 9.17) is 4.74 Å². The van der Waals surface area contributed by atoms with Gasteiger partial charge in [0.25, 0.3) is 5.91 Å². The summed E-state index contributed by atoms with van der Waals surface area (Å²) in [6.07, 6.45) is 2.15. The van der Waals surface area contributed by atoms with Crippen molar-refractivity contribution in [2.45, 2.75) is 19.8 Å². The number of hydrogen-bond acceptors (Lipinski definition) is 3. The molecule has 0 radical (unpaired) electrons. The molecule has 1 atom stereocenters. The van der Waals surface area contributed by atoms with Crippen molar-refractivity contribution in [3.8, 4) is 5.75 Å². The lowest BCUT2D eigenvalue weighted by atomic mass is 10.0. The number of benzene rings is 1. The fourth-order valence-corrected chi connectivity index (χ4v) is 2.45. The minimum atomic E-state index is -0.133. The zero-order valence-electron chi connectivity index (χ0n) is 11.6. The zero-order chi connectivity index (χ0) is 13.8. The van der Waals surface area contributed by atoms with E-state index in [1.807, 2.05) is 6.92 Å². The third kappa shape index (κ3) is 3.47. The summed E-state index contributed by atoms with van der Waals surface area (Å²) in [7, 11) is 1.78. The highest BCUT2D eigenvalue weighted by Gasteiger charge is 2.21. The lowest BCUT2D eigenvalue weighted by Crippen LogP contribution is -2.35. The molecular formula is C15H21NO3. The van der Waals surface area contributed by atoms with Gasteiger partial charge in [-0.2, -0.15) is 0 Å². The van der Waals surface area contributed by atoms with E-state index in [0.717, 1.165) is 31.6 Å². The average Bonchev–Trinajstić information content (AvgIpc) is 2.42. The van der Waals surface area contributed by atoms with Gasteiger partial charge in [0, 0.05) is 20.2 Å². The molecule has 1 fully saturated rings. The van der Waals surface area contributed by atoms with Crippen molar-refractivity contribution < 1.29 is 14.6 Å². The number of aryl methyl sites for hydroxylation is 1. The number of carbonyl (C=O) groups is 1. The molecule has 0 aromatic heterocycles. The van der Waals surface area contributed by atoms with Crippen molar-refractivity contribution >= 4 is 5.91 Å². The molecule has 4 heteroatoms. The molecule has 104 valence electrons. The number of nitrogens with zero attached hydrogens (tertiary/aromatic N) is 1. The second-order valence-electron chi connectivity index (χ2n) is 5.29. The van der Waals surface area contributed by atoms with E-state index < -0.39 is 0 Å². The predicted octanol–water partition coefficient (Wildman–Crippen LogP) is 2.20. The van der Waals surface area contributed by atoms with E-state index in [-0.39, 0.29) is 11.7 Å². The highest BCUT2D eigenvalue weighted by Crippen LogP contribution is 2.21. The van der Waals surface area contributed by atoms with Crippen molar-refractivity contribution in [1.29, 1.82) is 0 Å². The first-order chi connectivity index (χ1) is 9.08. The van der Waals surface area contributed by atoms with Crippen molar-refractivity contribution in [3.63, 3.8) is 0 Å². The highest BCUT2D eigenvalue weighted by atomic mass is 16.5. The molecule has 0 saturated carbocycles. The van der Waals surface area contributed by atoms with Crippen molar-refractivity contribution in [3.05, 3.63) is 29.3 Å². The van der Waals surface area contributed by atoms with E-state index in [1.165, 1.54) is 0 Å².